The molecule has 3 aliphatic rings. The van der Waals surface area contributed by atoms with Crippen molar-refractivity contribution in [1.82, 2.24) is 19.7 Å². The molecule has 3 aliphatic heterocycles. The fourth-order valence-corrected chi connectivity index (χ4v) is 4.69. The Kier molecular flexibility index (Phi) is 4.06. The molecule has 8 heteroatoms. The van der Waals surface area contributed by atoms with Crippen LogP contribution in [0.2, 0.25) is 0 Å². The molecule has 29 heavy (non-hydrogen) atoms. The van der Waals surface area contributed by atoms with Crippen molar-refractivity contribution in [3.8, 4) is 0 Å². The van der Waals surface area contributed by atoms with Gasteiger partial charge in [0.2, 0.25) is 11.8 Å². The molecule has 1 aromatic carbocycles. The number of hydrogen-bond acceptors (Lipinski definition) is 5. The van der Waals surface area contributed by atoms with Crippen molar-refractivity contribution < 1.29 is 14.3 Å². The van der Waals surface area contributed by atoms with Crippen molar-refractivity contribution in [3.05, 3.63) is 54.6 Å². The number of ether oxygens (including phenoxy) is 1. The van der Waals surface area contributed by atoms with Crippen molar-refractivity contribution in [2.24, 2.45) is 11.8 Å². The second-order valence-corrected chi connectivity index (χ2v) is 8.24. The summed E-state index contributed by atoms with van der Waals surface area (Å²) in [6, 6.07) is 7.69. The van der Waals surface area contributed by atoms with Gasteiger partial charge >= 0.3 is 0 Å². The number of carbonyl (C=O) groups is 2. The van der Waals surface area contributed by atoms with E-state index in [-0.39, 0.29) is 24.0 Å². The second kappa shape index (κ2) is 6.52. The zero-order valence-corrected chi connectivity index (χ0v) is 16.4. The predicted octanol–water partition coefficient (Wildman–Crippen LogP) is 1.46. The number of aromatic nitrogens is 3. The molecule has 1 aromatic heterocycles. The standard InChI is InChI=1S/C21H23N5O3/c1-13(2)26-10-21-8-7-16(29-21)17(18(21)20(26)28)19(27)24-15-5-3-14(4-6-15)9-25-12-22-11-23-25/h3-8,11-13,16-18H,9-10H2,1-2H3,(H,24,27). The normalized spacial score (nSPS) is 29.7. The van der Waals surface area contributed by atoms with Crippen molar-refractivity contribution in [3.63, 3.8) is 0 Å². The molecule has 2 fully saturated rings. The molecule has 8 nitrogen and oxygen atoms in total. The summed E-state index contributed by atoms with van der Waals surface area (Å²) in [5, 5.41) is 7.06. The third kappa shape index (κ3) is 2.86. The third-order valence-corrected chi connectivity index (χ3v) is 6.09. The molecule has 2 bridgehead atoms. The van der Waals surface area contributed by atoms with Gasteiger partial charge in [0.05, 0.1) is 31.0 Å². The van der Waals surface area contributed by atoms with E-state index in [1.54, 1.807) is 11.0 Å². The molecular formula is C21H23N5O3. The van der Waals surface area contributed by atoms with Crippen LogP contribution in [-0.2, 0) is 20.9 Å². The number of rotatable bonds is 5. The maximum atomic E-state index is 13.1. The van der Waals surface area contributed by atoms with Crippen LogP contribution >= 0.6 is 0 Å². The third-order valence-electron chi connectivity index (χ3n) is 6.09. The summed E-state index contributed by atoms with van der Waals surface area (Å²) in [5.74, 6) is -1.12. The highest BCUT2D eigenvalue weighted by Gasteiger charge is 2.67. The highest BCUT2D eigenvalue weighted by Crippen LogP contribution is 2.52. The van der Waals surface area contributed by atoms with Crippen molar-refractivity contribution in [1.29, 1.82) is 0 Å². The summed E-state index contributed by atoms with van der Waals surface area (Å²) in [6.45, 7) is 5.10. The summed E-state index contributed by atoms with van der Waals surface area (Å²) in [5.41, 5.74) is 1.09. The van der Waals surface area contributed by atoms with E-state index in [0.717, 1.165) is 5.56 Å². The van der Waals surface area contributed by atoms with Gasteiger partial charge in [0.1, 0.15) is 18.3 Å². The SMILES string of the molecule is CC(C)N1CC23C=CC(O2)C(C(=O)Nc2ccc(Cn4cncn4)cc2)C3C1=O. The number of amides is 2. The average Bonchev–Trinajstić information content (AvgIpc) is 3.45. The van der Waals surface area contributed by atoms with Gasteiger partial charge in [-0.1, -0.05) is 24.3 Å². The van der Waals surface area contributed by atoms with Gasteiger partial charge in [-0.25, -0.2) is 9.67 Å². The monoisotopic (exact) mass is 393 g/mol. The molecular weight excluding hydrogens is 370 g/mol. The van der Waals surface area contributed by atoms with E-state index in [4.69, 9.17) is 4.74 Å². The van der Waals surface area contributed by atoms with E-state index in [1.807, 2.05) is 55.2 Å². The van der Waals surface area contributed by atoms with E-state index in [2.05, 4.69) is 15.4 Å². The first-order chi connectivity index (χ1) is 14.0. The maximum Gasteiger partial charge on any atom is 0.231 e. The molecule has 2 saturated heterocycles. The molecule has 150 valence electrons. The van der Waals surface area contributed by atoms with Gasteiger partial charge in [-0.05, 0) is 31.5 Å². The first-order valence-corrected chi connectivity index (χ1v) is 9.87. The molecule has 1 N–H and O–H groups in total. The Bertz CT molecular complexity index is 969. The van der Waals surface area contributed by atoms with Gasteiger partial charge in [0, 0.05) is 11.7 Å². The number of hydrogen-bond donors (Lipinski definition) is 1. The van der Waals surface area contributed by atoms with Crippen LogP contribution < -0.4 is 5.32 Å². The fraction of sp³-hybridized carbons (Fsp3) is 0.429. The lowest BCUT2D eigenvalue weighted by atomic mass is 9.76. The van der Waals surface area contributed by atoms with Gasteiger partial charge in [0.15, 0.2) is 0 Å². The van der Waals surface area contributed by atoms with Gasteiger partial charge in [-0.2, -0.15) is 5.10 Å². The van der Waals surface area contributed by atoms with Gasteiger partial charge in [0.25, 0.3) is 0 Å². The Balaban J connectivity index is 1.31. The lowest BCUT2D eigenvalue weighted by Gasteiger charge is -2.24. The minimum Gasteiger partial charge on any atom is -0.360 e. The molecule has 0 saturated carbocycles. The smallest absolute Gasteiger partial charge is 0.231 e. The predicted molar refractivity (Wildman–Crippen MR) is 105 cm³/mol. The molecule has 2 amide bonds. The maximum absolute atomic E-state index is 13.1. The number of likely N-dealkylation sites (tertiary alicyclic amines) is 1. The largest absolute Gasteiger partial charge is 0.360 e. The molecule has 1 spiro atoms. The van der Waals surface area contributed by atoms with Crippen LogP contribution in [0.3, 0.4) is 0 Å². The van der Waals surface area contributed by atoms with Crippen molar-refractivity contribution in [2.75, 3.05) is 11.9 Å². The van der Waals surface area contributed by atoms with Gasteiger partial charge in [-0.15, -0.1) is 0 Å². The number of anilines is 1. The number of nitrogens with one attached hydrogen (secondary N) is 1. The zero-order chi connectivity index (χ0) is 20.2. The Hall–Kier alpha value is -3.00. The quantitative estimate of drug-likeness (QED) is 0.777. The second-order valence-electron chi connectivity index (χ2n) is 8.24. The van der Waals surface area contributed by atoms with Crippen LogP contribution in [0.15, 0.2) is 49.1 Å². The first kappa shape index (κ1) is 18.1. The van der Waals surface area contributed by atoms with Crippen molar-refractivity contribution in [2.45, 2.75) is 38.1 Å². The summed E-state index contributed by atoms with van der Waals surface area (Å²) in [6.07, 6.45) is 6.72. The lowest BCUT2D eigenvalue weighted by Crippen LogP contribution is -2.42. The average molecular weight is 393 g/mol. The molecule has 4 atom stereocenters. The van der Waals surface area contributed by atoms with Crippen molar-refractivity contribution >= 4 is 17.5 Å². The molecule has 0 radical (unpaired) electrons. The van der Waals surface area contributed by atoms with Gasteiger partial charge in [-0.3, -0.25) is 9.59 Å². The summed E-state index contributed by atoms with van der Waals surface area (Å²) in [7, 11) is 0. The minimum atomic E-state index is -0.657. The number of fused-ring (bicyclic) bond motifs is 1. The van der Waals surface area contributed by atoms with E-state index >= 15 is 0 Å². The van der Waals surface area contributed by atoms with Crippen LogP contribution in [0.1, 0.15) is 19.4 Å². The highest BCUT2D eigenvalue weighted by atomic mass is 16.5. The molecule has 0 aliphatic carbocycles. The number of nitrogens with zero attached hydrogens (tertiary/aromatic N) is 4. The van der Waals surface area contributed by atoms with Crippen LogP contribution in [0.4, 0.5) is 5.69 Å². The first-order valence-electron chi connectivity index (χ1n) is 9.87. The Morgan fingerprint density at radius 2 is 2.14 bits per heavy atom. The number of carbonyl (C=O) groups excluding carboxylic acids is 2. The molecule has 2 aromatic rings. The van der Waals surface area contributed by atoms with Crippen LogP contribution in [0.25, 0.3) is 0 Å². The topological polar surface area (TPSA) is 89.3 Å². The number of benzene rings is 1. The summed E-state index contributed by atoms with van der Waals surface area (Å²) < 4.78 is 7.87. The highest BCUT2D eigenvalue weighted by molar-refractivity contribution is 5.99. The van der Waals surface area contributed by atoms with E-state index < -0.39 is 17.4 Å². The molecule has 5 rings (SSSR count). The zero-order valence-electron chi connectivity index (χ0n) is 16.4. The van der Waals surface area contributed by atoms with Crippen LogP contribution in [0.5, 0.6) is 0 Å². The molecule has 4 heterocycles. The molecule has 4 unspecified atom stereocenters. The lowest BCUT2D eigenvalue weighted by molar-refractivity contribution is -0.136. The Morgan fingerprint density at radius 1 is 1.34 bits per heavy atom. The fourth-order valence-electron chi connectivity index (χ4n) is 4.69. The van der Waals surface area contributed by atoms with E-state index in [1.165, 1.54) is 6.33 Å². The van der Waals surface area contributed by atoms with Crippen LogP contribution in [-0.4, -0.2) is 55.8 Å². The summed E-state index contributed by atoms with van der Waals surface area (Å²) in [4.78, 5) is 31.8. The Morgan fingerprint density at radius 3 is 2.83 bits per heavy atom. The van der Waals surface area contributed by atoms with E-state index in [9.17, 15) is 9.59 Å². The summed E-state index contributed by atoms with van der Waals surface area (Å²) >= 11 is 0. The van der Waals surface area contributed by atoms with Gasteiger partial charge < -0.3 is 15.0 Å². The Labute approximate surface area is 168 Å². The van der Waals surface area contributed by atoms with Crippen LogP contribution in [0, 0.1) is 11.8 Å². The van der Waals surface area contributed by atoms with E-state index in [0.29, 0.717) is 18.8 Å². The minimum absolute atomic E-state index is 0.00943.